The van der Waals surface area contributed by atoms with Gasteiger partial charge in [0.1, 0.15) is 5.75 Å². The second kappa shape index (κ2) is 9.32. The first-order valence-corrected chi connectivity index (χ1v) is 10.6. The molecule has 1 aromatic heterocycles. The third kappa shape index (κ3) is 5.21. The van der Waals surface area contributed by atoms with Crippen molar-refractivity contribution in [2.24, 2.45) is 0 Å². The van der Waals surface area contributed by atoms with E-state index in [1.165, 1.54) is 0 Å². The van der Waals surface area contributed by atoms with Crippen LogP contribution in [-0.4, -0.2) is 18.1 Å². The molecule has 0 aliphatic heterocycles. The Morgan fingerprint density at radius 3 is 2.39 bits per heavy atom. The molecule has 7 heteroatoms. The Balaban J connectivity index is 1.43. The van der Waals surface area contributed by atoms with Gasteiger partial charge in [0.15, 0.2) is 5.13 Å². The highest BCUT2D eigenvalue weighted by Gasteiger charge is 2.09. The number of nitrogens with zero attached hydrogens (tertiary/aromatic N) is 1. The SMILES string of the molecule is COc1ccc(NC(=O)Nc2ccc(C)c(Nc3nc(-c4ccccc4)cs3)c2)cc1. The lowest BCUT2D eigenvalue weighted by atomic mass is 10.2. The summed E-state index contributed by atoms with van der Waals surface area (Å²) in [5.41, 5.74) is 5.31. The number of amides is 2. The summed E-state index contributed by atoms with van der Waals surface area (Å²) in [5, 5.41) is 11.9. The molecule has 3 N–H and O–H groups in total. The zero-order chi connectivity index (χ0) is 21.6. The molecule has 4 aromatic rings. The molecule has 0 spiro atoms. The van der Waals surface area contributed by atoms with Crippen molar-refractivity contribution in [2.45, 2.75) is 6.92 Å². The van der Waals surface area contributed by atoms with Crippen molar-refractivity contribution < 1.29 is 9.53 Å². The van der Waals surface area contributed by atoms with Crippen LogP contribution in [-0.2, 0) is 0 Å². The molecule has 0 bridgehead atoms. The van der Waals surface area contributed by atoms with Crippen LogP contribution in [0.3, 0.4) is 0 Å². The van der Waals surface area contributed by atoms with Gasteiger partial charge in [-0.25, -0.2) is 9.78 Å². The van der Waals surface area contributed by atoms with Crippen molar-refractivity contribution in [3.8, 4) is 17.0 Å². The number of nitrogens with one attached hydrogen (secondary N) is 3. The first-order chi connectivity index (χ1) is 15.1. The summed E-state index contributed by atoms with van der Waals surface area (Å²) in [4.78, 5) is 17.0. The molecule has 0 aliphatic carbocycles. The third-order valence-corrected chi connectivity index (χ3v) is 5.42. The number of ether oxygens (including phenoxy) is 1. The lowest BCUT2D eigenvalue weighted by Crippen LogP contribution is -2.19. The van der Waals surface area contributed by atoms with Crippen LogP contribution in [0.25, 0.3) is 11.3 Å². The normalized spacial score (nSPS) is 10.4. The number of hydrogen-bond donors (Lipinski definition) is 3. The van der Waals surface area contributed by atoms with E-state index in [0.717, 1.165) is 33.4 Å². The number of rotatable bonds is 6. The molecule has 0 fully saturated rings. The molecule has 0 aliphatic rings. The van der Waals surface area contributed by atoms with Crippen molar-refractivity contribution in [3.63, 3.8) is 0 Å². The molecule has 3 aromatic carbocycles. The van der Waals surface area contributed by atoms with Gasteiger partial charge in [0.2, 0.25) is 0 Å². The van der Waals surface area contributed by atoms with Crippen molar-refractivity contribution in [1.29, 1.82) is 0 Å². The Labute approximate surface area is 184 Å². The number of aryl methyl sites for hydroxylation is 1. The van der Waals surface area contributed by atoms with E-state index < -0.39 is 0 Å². The Hall–Kier alpha value is -3.84. The van der Waals surface area contributed by atoms with Gasteiger partial charge >= 0.3 is 6.03 Å². The maximum atomic E-state index is 12.4. The van der Waals surface area contributed by atoms with E-state index in [-0.39, 0.29) is 6.03 Å². The van der Waals surface area contributed by atoms with Crippen molar-refractivity contribution in [3.05, 3.63) is 83.7 Å². The monoisotopic (exact) mass is 430 g/mol. The van der Waals surface area contributed by atoms with Crippen LogP contribution in [0, 0.1) is 6.92 Å². The minimum absolute atomic E-state index is 0.319. The van der Waals surface area contributed by atoms with Gasteiger partial charge in [-0.15, -0.1) is 11.3 Å². The van der Waals surface area contributed by atoms with E-state index in [1.54, 1.807) is 42.7 Å². The van der Waals surface area contributed by atoms with Gasteiger partial charge in [-0.05, 0) is 48.9 Å². The van der Waals surface area contributed by atoms with Gasteiger partial charge in [-0.1, -0.05) is 36.4 Å². The predicted molar refractivity (Wildman–Crippen MR) is 128 cm³/mol. The van der Waals surface area contributed by atoms with E-state index in [9.17, 15) is 4.79 Å². The number of methoxy groups -OCH3 is 1. The summed E-state index contributed by atoms with van der Waals surface area (Å²) in [5.74, 6) is 0.734. The van der Waals surface area contributed by atoms with Crippen LogP contribution in [0.1, 0.15) is 5.56 Å². The Morgan fingerprint density at radius 2 is 1.65 bits per heavy atom. The topological polar surface area (TPSA) is 75.3 Å². The van der Waals surface area contributed by atoms with Gasteiger partial charge in [-0.3, -0.25) is 0 Å². The maximum absolute atomic E-state index is 12.4. The van der Waals surface area contributed by atoms with E-state index in [0.29, 0.717) is 11.4 Å². The minimum Gasteiger partial charge on any atom is -0.497 e. The van der Waals surface area contributed by atoms with E-state index in [2.05, 4.69) is 20.9 Å². The average Bonchev–Trinajstić information content (AvgIpc) is 3.26. The van der Waals surface area contributed by atoms with Crippen molar-refractivity contribution in [1.82, 2.24) is 4.98 Å². The van der Waals surface area contributed by atoms with Crippen LogP contribution in [0.5, 0.6) is 5.75 Å². The van der Waals surface area contributed by atoms with Crippen molar-refractivity contribution >= 4 is 39.6 Å². The van der Waals surface area contributed by atoms with E-state index >= 15 is 0 Å². The third-order valence-electron chi connectivity index (χ3n) is 4.66. The molecule has 1 heterocycles. The van der Waals surface area contributed by atoms with Crippen LogP contribution in [0.4, 0.5) is 27.0 Å². The summed E-state index contributed by atoms with van der Waals surface area (Å²) in [6, 6.07) is 22.6. The number of urea groups is 1. The van der Waals surface area contributed by atoms with E-state index in [1.807, 2.05) is 60.8 Å². The van der Waals surface area contributed by atoms with Gasteiger partial charge < -0.3 is 20.7 Å². The molecule has 0 atom stereocenters. The van der Waals surface area contributed by atoms with Gasteiger partial charge in [0.25, 0.3) is 0 Å². The molecule has 156 valence electrons. The van der Waals surface area contributed by atoms with Crippen LogP contribution < -0.4 is 20.7 Å². The highest BCUT2D eigenvalue weighted by atomic mass is 32.1. The molecular formula is C24H22N4O2S. The Bertz CT molecular complexity index is 1170. The first-order valence-electron chi connectivity index (χ1n) is 9.71. The molecule has 6 nitrogen and oxygen atoms in total. The quantitative estimate of drug-likeness (QED) is 0.326. The lowest BCUT2D eigenvalue weighted by Gasteiger charge is -2.12. The second-order valence-electron chi connectivity index (χ2n) is 6.87. The highest BCUT2D eigenvalue weighted by Crippen LogP contribution is 2.29. The number of hydrogen-bond acceptors (Lipinski definition) is 5. The fourth-order valence-electron chi connectivity index (χ4n) is 2.99. The molecule has 0 saturated carbocycles. The molecule has 0 saturated heterocycles. The maximum Gasteiger partial charge on any atom is 0.323 e. The van der Waals surface area contributed by atoms with E-state index in [4.69, 9.17) is 4.74 Å². The van der Waals surface area contributed by atoms with Gasteiger partial charge in [0.05, 0.1) is 12.8 Å². The summed E-state index contributed by atoms with van der Waals surface area (Å²) < 4.78 is 5.13. The smallest absolute Gasteiger partial charge is 0.323 e. The summed E-state index contributed by atoms with van der Waals surface area (Å²) >= 11 is 1.54. The molecule has 31 heavy (non-hydrogen) atoms. The number of anilines is 4. The van der Waals surface area contributed by atoms with Gasteiger partial charge in [0, 0.05) is 28.0 Å². The van der Waals surface area contributed by atoms with Crippen LogP contribution >= 0.6 is 11.3 Å². The highest BCUT2D eigenvalue weighted by molar-refractivity contribution is 7.14. The van der Waals surface area contributed by atoms with Crippen LogP contribution in [0.2, 0.25) is 0 Å². The Kier molecular flexibility index (Phi) is 6.14. The molecule has 0 unspecified atom stereocenters. The fraction of sp³-hybridized carbons (Fsp3) is 0.0833. The summed E-state index contributed by atoms with van der Waals surface area (Å²) in [6.45, 7) is 2.01. The zero-order valence-corrected chi connectivity index (χ0v) is 18.0. The summed E-state index contributed by atoms with van der Waals surface area (Å²) in [7, 11) is 1.60. The average molecular weight is 431 g/mol. The summed E-state index contributed by atoms with van der Waals surface area (Å²) in [6.07, 6.45) is 0. The van der Waals surface area contributed by atoms with Crippen molar-refractivity contribution in [2.75, 3.05) is 23.1 Å². The zero-order valence-electron chi connectivity index (χ0n) is 17.2. The molecule has 4 rings (SSSR count). The lowest BCUT2D eigenvalue weighted by molar-refractivity contribution is 0.262. The fourth-order valence-corrected chi connectivity index (χ4v) is 3.72. The number of aromatic nitrogens is 1. The second-order valence-corrected chi connectivity index (χ2v) is 7.72. The molecule has 2 amide bonds. The van der Waals surface area contributed by atoms with Gasteiger partial charge in [-0.2, -0.15) is 0 Å². The molecular weight excluding hydrogens is 408 g/mol. The predicted octanol–water partition coefficient (Wildman–Crippen LogP) is 6.51. The first kappa shape index (κ1) is 20.4. The standard InChI is InChI=1S/C24H22N4O2S/c1-16-8-9-19(26-23(29)25-18-10-12-20(30-2)13-11-18)14-21(16)27-24-28-22(15-31-24)17-6-4-3-5-7-17/h3-15H,1-2H3,(H,27,28)(H2,25,26,29). The van der Waals surface area contributed by atoms with Crippen LogP contribution in [0.15, 0.2) is 78.2 Å². The number of carbonyl (C=O) groups excluding carboxylic acids is 1. The number of carbonyl (C=O) groups is 1. The molecule has 0 radical (unpaired) electrons. The number of thiazole rings is 1. The Morgan fingerprint density at radius 1 is 0.935 bits per heavy atom. The minimum atomic E-state index is -0.319. The largest absolute Gasteiger partial charge is 0.497 e. The number of benzene rings is 3.